The van der Waals surface area contributed by atoms with E-state index in [1.54, 1.807) is 0 Å². The molecule has 3 unspecified atom stereocenters. The standard InChI is InChI=1S/C15H22ClN/c1-3-12-6-5-9-15(12)17-11(2)13-7-4-8-14(16)10-13/h4,7-8,10-12,15,17H,3,5-6,9H2,1-2H3. The maximum absolute atomic E-state index is 6.03. The number of benzene rings is 1. The summed E-state index contributed by atoms with van der Waals surface area (Å²) in [6.45, 7) is 4.53. The van der Waals surface area contributed by atoms with Gasteiger partial charge in [0.05, 0.1) is 0 Å². The van der Waals surface area contributed by atoms with Crippen molar-refractivity contribution < 1.29 is 0 Å². The van der Waals surface area contributed by atoms with Gasteiger partial charge in [0.1, 0.15) is 0 Å². The van der Waals surface area contributed by atoms with E-state index in [9.17, 15) is 0 Å². The Morgan fingerprint density at radius 1 is 1.41 bits per heavy atom. The van der Waals surface area contributed by atoms with Crippen molar-refractivity contribution in [1.29, 1.82) is 0 Å². The highest BCUT2D eigenvalue weighted by molar-refractivity contribution is 6.30. The average Bonchev–Trinajstić information content (AvgIpc) is 2.76. The normalized spacial score (nSPS) is 26.1. The van der Waals surface area contributed by atoms with E-state index in [1.807, 2.05) is 12.1 Å². The van der Waals surface area contributed by atoms with Gasteiger partial charge in [0, 0.05) is 17.1 Å². The molecule has 0 bridgehead atoms. The van der Waals surface area contributed by atoms with Crippen LogP contribution in [0.25, 0.3) is 0 Å². The Kier molecular flexibility index (Phi) is 4.47. The van der Waals surface area contributed by atoms with Crippen LogP contribution in [-0.4, -0.2) is 6.04 Å². The molecule has 1 nitrogen and oxygen atoms in total. The SMILES string of the molecule is CCC1CCCC1NC(C)c1cccc(Cl)c1. The van der Waals surface area contributed by atoms with Crippen LogP contribution in [-0.2, 0) is 0 Å². The fraction of sp³-hybridized carbons (Fsp3) is 0.600. The molecule has 0 spiro atoms. The lowest BCUT2D eigenvalue weighted by Crippen LogP contribution is -2.34. The van der Waals surface area contributed by atoms with Crippen molar-refractivity contribution in [3.63, 3.8) is 0 Å². The highest BCUT2D eigenvalue weighted by atomic mass is 35.5. The zero-order valence-corrected chi connectivity index (χ0v) is 11.5. The fourth-order valence-electron chi connectivity index (χ4n) is 2.94. The lowest BCUT2D eigenvalue weighted by molar-refractivity contribution is 0.360. The number of hydrogen-bond acceptors (Lipinski definition) is 1. The van der Waals surface area contributed by atoms with Crippen molar-refractivity contribution in [2.75, 3.05) is 0 Å². The first-order valence-electron chi connectivity index (χ1n) is 6.72. The Morgan fingerprint density at radius 2 is 2.24 bits per heavy atom. The molecular formula is C15H22ClN. The van der Waals surface area contributed by atoms with E-state index in [-0.39, 0.29) is 0 Å². The third kappa shape index (κ3) is 3.23. The summed E-state index contributed by atoms with van der Waals surface area (Å²) in [5.74, 6) is 0.858. The summed E-state index contributed by atoms with van der Waals surface area (Å²) >= 11 is 6.03. The van der Waals surface area contributed by atoms with Crippen LogP contribution in [0.15, 0.2) is 24.3 Å². The molecule has 1 fully saturated rings. The van der Waals surface area contributed by atoms with Crippen molar-refractivity contribution in [2.45, 2.75) is 51.6 Å². The minimum absolute atomic E-state index is 0.394. The van der Waals surface area contributed by atoms with Gasteiger partial charge in [-0.25, -0.2) is 0 Å². The van der Waals surface area contributed by atoms with E-state index in [0.29, 0.717) is 12.1 Å². The van der Waals surface area contributed by atoms with Crippen molar-refractivity contribution in [3.8, 4) is 0 Å². The number of halogens is 1. The third-order valence-corrected chi connectivity index (χ3v) is 4.23. The van der Waals surface area contributed by atoms with Gasteiger partial charge in [-0.05, 0) is 43.4 Å². The van der Waals surface area contributed by atoms with E-state index in [1.165, 1.54) is 31.2 Å². The van der Waals surface area contributed by atoms with Crippen molar-refractivity contribution in [1.82, 2.24) is 5.32 Å². The van der Waals surface area contributed by atoms with Crippen LogP contribution >= 0.6 is 11.6 Å². The zero-order valence-electron chi connectivity index (χ0n) is 10.7. The molecule has 0 aliphatic heterocycles. The molecule has 0 amide bonds. The molecule has 1 aromatic carbocycles. The Bertz CT molecular complexity index is 364. The van der Waals surface area contributed by atoms with Crippen LogP contribution in [0.3, 0.4) is 0 Å². The first-order valence-corrected chi connectivity index (χ1v) is 7.10. The molecule has 0 saturated heterocycles. The summed E-state index contributed by atoms with van der Waals surface area (Å²) in [5, 5.41) is 4.59. The second-order valence-electron chi connectivity index (χ2n) is 5.15. The van der Waals surface area contributed by atoms with Crippen LogP contribution in [0, 0.1) is 5.92 Å². The summed E-state index contributed by atoms with van der Waals surface area (Å²) in [4.78, 5) is 0. The van der Waals surface area contributed by atoms with E-state index < -0.39 is 0 Å². The lowest BCUT2D eigenvalue weighted by atomic mass is 9.98. The molecule has 1 saturated carbocycles. The van der Waals surface area contributed by atoms with Crippen LogP contribution in [0.1, 0.15) is 51.1 Å². The van der Waals surface area contributed by atoms with Crippen LogP contribution in [0.5, 0.6) is 0 Å². The van der Waals surface area contributed by atoms with Gasteiger partial charge in [-0.3, -0.25) is 0 Å². The van der Waals surface area contributed by atoms with Crippen molar-refractivity contribution >= 4 is 11.6 Å². The Hall–Kier alpha value is -0.530. The van der Waals surface area contributed by atoms with Crippen LogP contribution in [0.4, 0.5) is 0 Å². The van der Waals surface area contributed by atoms with Gasteiger partial charge in [0.25, 0.3) is 0 Å². The number of hydrogen-bond donors (Lipinski definition) is 1. The Balaban J connectivity index is 1.99. The maximum Gasteiger partial charge on any atom is 0.0409 e. The summed E-state index contributed by atoms with van der Waals surface area (Å²) in [7, 11) is 0. The topological polar surface area (TPSA) is 12.0 Å². The molecule has 0 radical (unpaired) electrons. The molecule has 1 aromatic rings. The summed E-state index contributed by atoms with van der Waals surface area (Å²) in [6.07, 6.45) is 5.37. The molecule has 1 aliphatic carbocycles. The first-order chi connectivity index (χ1) is 8.20. The summed E-state index contributed by atoms with van der Waals surface area (Å²) in [6, 6.07) is 9.26. The molecule has 1 N–H and O–H groups in total. The summed E-state index contributed by atoms with van der Waals surface area (Å²) < 4.78 is 0. The Morgan fingerprint density at radius 3 is 2.94 bits per heavy atom. The zero-order chi connectivity index (χ0) is 12.3. The molecule has 2 rings (SSSR count). The predicted molar refractivity (Wildman–Crippen MR) is 74.4 cm³/mol. The van der Waals surface area contributed by atoms with Gasteiger partial charge in [-0.2, -0.15) is 0 Å². The predicted octanol–water partition coefficient (Wildman–Crippen LogP) is 4.57. The highest BCUT2D eigenvalue weighted by Gasteiger charge is 2.26. The average molecular weight is 252 g/mol. The maximum atomic E-state index is 6.03. The lowest BCUT2D eigenvalue weighted by Gasteiger charge is -2.24. The number of nitrogens with one attached hydrogen (secondary N) is 1. The number of rotatable bonds is 4. The Labute approximate surface area is 110 Å². The minimum Gasteiger partial charge on any atom is -0.307 e. The minimum atomic E-state index is 0.394. The molecule has 94 valence electrons. The highest BCUT2D eigenvalue weighted by Crippen LogP contribution is 2.30. The second-order valence-corrected chi connectivity index (χ2v) is 5.59. The second kappa shape index (κ2) is 5.88. The molecule has 2 heteroatoms. The van der Waals surface area contributed by atoms with E-state index in [0.717, 1.165) is 10.9 Å². The van der Waals surface area contributed by atoms with E-state index >= 15 is 0 Å². The van der Waals surface area contributed by atoms with Gasteiger partial charge in [0.2, 0.25) is 0 Å². The molecule has 1 aliphatic rings. The van der Waals surface area contributed by atoms with Gasteiger partial charge < -0.3 is 5.32 Å². The molecule has 3 atom stereocenters. The molecular weight excluding hydrogens is 230 g/mol. The van der Waals surface area contributed by atoms with Crippen molar-refractivity contribution in [2.24, 2.45) is 5.92 Å². The van der Waals surface area contributed by atoms with Gasteiger partial charge in [0.15, 0.2) is 0 Å². The van der Waals surface area contributed by atoms with Gasteiger partial charge >= 0.3 is 0 Å². The molecule has 17 heavy (non-hydrogen) atoms. The smallest absolute Gasteiger partial charge is 0.0409 e. The largest absolute Gasteiger partial charge is 0.307 e. The van der Waals surface area contributed by atoms with Gasteiger partial charge in [-0.1, -0.05) is 43.5 Å². The molecule has 0 aromatic heterocycles. The van der Waals surface area contributed by atoms with Crippen LogP contribution in [0.2, 0.25) is 5.02 Å². The molecule has 0 heterocycles. The van der Waals surface area contributed by atoms with E-state index in [4.69, 9.17) is 11.6 Å². The first kappa shape index (κ1) is 12.9. The van der Waals surface area contributed by atoms with Gasteiger partial charge in [-0.15, -0.1) is 0 Å². The fourth-order valence-corrected chi connectivity index (χ4v) is 3.14. The van der Waals surface area contributed by atoms with Crippen molar-refractivity contribution in [3.05, 3.63) is 34.9 Å². The van der Waals surface area contributed by atoms with Crippen LogP contribution < -0.4 is 5.32 Å². The summed E-state index contributed by atoms with van der Waals surface area (Å²) in [5.41, 5.74) is 1.29. The third-order valence-electron chi connectivity index (χ3n) is 4.00. The van der Waals surface area contributed by atoms with E-state index in [2.05, 4.69) is 31.3 Å². The monoisotopic (exact) mass is 251 g/mol. The quantitative estimate of drug-likeness (QED) is 0.827.